The lowest BCUT2D eigenvalue weighted by atomic mass is 9.91. The third-order valence-corrected chi connectivity index (χ3v) is 9.25. The minimum absolute atomic E-state index is 0.0786. The van der Waals surface area contributed by atoms with Crippen molar-refractivity contribution in [3.05, 3.63) is 112 Å². The van der Waals surface area contributed by atoms with Gasteiger partial charge in [-0.1, -0.05) is 61.8 Å². The first kappa shape index (κ1) is 27.8. The van der Waals surface area contributed by atoms with E-state index in [1.165, 1.54) is 28.9 Å². The zero-order valence-corrected chi connectivity index (χ0v) is 25.8. The average Bonchev–Trinajstić information content (AvgIpc) is 3.44. The molecule has 2 aliphatic heterocycles. The topological polar surface area (TPSA) is 36.3 Å². The standard InChI is InChI=1S/C34H38ClN5S/c1-22-16-23(2)20-38(19-22)31-14-13-27(18-29(31)35)40-33(32(37-34(40)41)30-12-8-9-15-36-30)28-17-24(3)39(25(28)4)21-26-10-6-5-7-11-26/h5-15,17-18,22-23,32-33H,16,19-21H2,1-4H3,(H,37,41). The quantitative estimate of drug-likeness (QED) is 0.234. The van der Waals surface area contributed by atoms with E-state index in [9.17, 15) is 0 Å². The first-order valence-corrected chi connectivity index (χ1v) is 15.3. The molecular weight excluding hydrogens is 546 g/mol. The fourth-order valence-electron chi connectivity index (χ4n) is 6.85. The van der Waals surface area contributed by atoms with Crippen molar-refractivity contribution in [1.29, 1.82) is 0 Å². The maximum atomic E-state index is 7.03. The zero-order chi connectivity index (χ0) is 28.7. The molecule has 4 atom stereocenters. The lowest BCUT2D eigenvalue weighted by Gasteiger charge is -2.37. The number of nitrogens with zero attached hydrogens (tertiary/aromatic N) is 4. The molecule has 1 N–H and O–H groups in total. The van der Waals surface area contributed by atoms with Crippen molar-refractivity contribution in [2.45, 2.75) is 52.7 Å². The zero-order valence-electron chi connectivity index (χ0n) is 24.2. The van der Waals surface area contributed by atoms with Gasteiger partial charge in [0.05, 0.1) is 28.5 Å². The molecule has 7 heteroatoms. The number of anilines is 2. The fourth-order valence-corrected chi connectivity index (χ4v) is 7.49. The summed E-state index contributed by atoms with van der Waals surface area (Å²) in [5.74, 6) is 1.30. The number of rotatable bonds is 6. The highest BCUT2D eigenvalue weighted by Crippen LogP contribution is 2.45. The molecule has 2 aromatic heterocycles. The summed E-state index contributed by atoms with van der Waals surface area (Å²) in [6.07, 6.45) is 3.12. The van der Waals surface area contributed by atoms with Gasteiger partial charge < -0.3 is 19.7 Å². The van der Waals surface area contributed by atoms with Crippen molar-refractivity contribution in [3.8, 4) is 0 Å². The third-order valence-electron chi connectivity index (χ3n) is 8.63. The lowest BCUT2D eigenvalue weighted by Crippen LogP contribution is -2.38. The Kier molecular flexibility index (Phi) is 7.80. The van der Waals surface area contributed by atoms with Crippen LogP contribution in [0.5, 0.6) is 0 Å². The van der Waals surface area contributed by atoms with Gasteiger partial charge in [0.25, 0.3) is 0 Å². The van der Waals surface area contributed by atoms with Gasteiger partial charge in [0.15, 0.2) is 5.11 Å². The number of aromatic nitrogens is 2. The molecule has 0 aliphatic carbocycles. The van der Waals surface area contributed by atoms with Crippen LogP contribution >= 0.6 is 23.8 Å². The Balaban J connectivity index is 1.40. The van der Waals surface area contributed by atoms with Crippen LogP contribution in [0.1, 0.15) is 60.6 Å². The molecule has 41 heavy (non-hydrogen) atoms. The fraction of sp³-hybridized carbons (Fsp3) is 0.353. The molecule has 4 aromatic rings. The smallest absolute Gasteiger partial charge is 0.174 e. The number of hydrogen-bond donors (Lipinski definition) is 1. The van der Waals surface area contributed by atoms with E-state index in [0.29, 0.717) is 16.9 Å². The monoisotopic (exact) mass is 583 g/mol. The Morgan fingerprint density at radius 2 is 1.68 bits per heavy atom. The lowest BCUT2D eigenvalue weighted by molar-refractivity contribution is 0.357. The average molecular weight is 584 g/mol. The summed E-state index contributed by atoms with van der Waals surface area (Å²) in [7, 11) is 0. The number of aryl methyl sites for hydroxylation is 1. The Labute approximate surface area is 254 Å². The van der Waals surface area contributed by atoms with E-state index in [0.717, 1.165) is 41.7 Å². The van der Waals surface area contributed by atoms with E-state index in [4.69, 9.17) is 28.8 Å². The maximum absolute atomic E-state index is 7.03. The van der Waals surface area contributed by atoms with E-state index < -0.39 is 0 Å². The minimum Gasteiger partial charge on any atom is -0.370 e. The van der Waals surface area contributed by atoms with Crippen LogP contribution in [-0.4, -0.2) is 27.8 Å². The largest absolute Gasteiger partial charge is 0.370 e. The van der Waals surface area contributed by atoms with Crippen LogP contribution < -0.4 is 15.1 Å². The first-order chi connectivity index (χ1) is 19.8. The predicted octanol–water partition coefficient (Wildman–Crippen LogP) is 7.86. The van der Waals surface area contributed by atoms with Crippen LogP contribution in [-0.2, 0) is 6.54 Å². The summed E-state index contributed by atoms with van der Waals surface area (Å²) in [6.45, 7) is 12.0. The third kappa shape index (κ3) is 5.47. The second kappa shape index (κ2) is 11.5. The van der Waals surface area contributed by atoms with Gasteiger partial charge in [-0.2, -0.15) is 0 Å². The highest BCUT2D eigenvalue weighted by Gasteiger charge is 2.42. The van der Waals surface area contributed by atoms with Crippen molar-refractivity contribution in [2.75, 3.05) is 22.9 Å². The number of piperidine rings is 1. The van der Waals surface area contributed by atoms with Crippen molar-refractivity contribution in [3.63, 3.8) is 0 Å². The minimum atomic E-state index is -0.100. The van der Waals surface area contributed by atoms with Gasteiger partial charge in [-0.25, -0.2) is 0 Å². The van der Waals surface area contributed by atoms with E-state index in [2.05, 4.69) is 108 Å². The molecular formula is C34H38ClN5S. The molecule has 4 unspecified atom stereocenters. The van der Waals surface area contributed by atoms with Crippen LogP contribution in [0.15, 0.2) is 79.0 Å². The molecule has 0 saturated carbocycles. The van der Waals surface area contributed by atoms with Gasteiger partial charge in [0, 0.05) is 42.9 Å². The number of pyridine rings is 1. The Morgan fingerprint density at radius 3 is 2.37 bits per heavy atom. The molecule has 212 valence electrons. The molecule has 2 fully saturated rings. The van der Waals surface area contributed by atoms with Gasteiger partial charge in [-0.3, -0.25) is 4.98 Å². The Bertz CT molecular complexity index is 1530. The summed E-state index contributed by atoms with van der Waals surface area (Å²) in [5.41, 5.74) is 8.03. The van der Waals surface area contributed by atoms with Gasteiger partial charge in [-0.15, -0.1) is 0 Å². The Morgan fingerprint density at radius 1 is 0.951 bits per heavy atom. The summed E-state index contributed by atoms with van der Waals surface area (Å²) in [5, 5.41) is 5.06. The van der Waals surface area contributed by atoms with E-state index in [1.807, 2.05) is 18.3 Å². The molecule has 0 amide bonds. The number of benzene rings is 2. The van der Waals surface area contributed by atoms with Gasteiger partial charge >= 0.3 is 0 Å². The van der Waals surface area contributed by atoms with Crippen LogP contribution in [0.2, 0.25) is 5.02 Å². The normalized spacial score (nSPS) is 22.7. The number of thiocarbonyl (C=S) groups is 1. The number of nitrogens with one attached hydrogen (secondary N) is 1. The summed E-state index contributed by atoms with van der Waals surface area (Å²) in [4.78, 5) is 9.42. The molecule has 5 nitrogen and oxygen atoms in total. The maximum Gasteiger partial charge on any atom is 0.174 e. The highest BCUT2D eigenvalue weighted by molar-refractivity contribution is 7.80. The molecule has 2 aliphatic rings. The summed E-state index contributed by atoms with van der Waals surface area (Å²) in [6, 6.07) is 25.3. The number of hydrogen-bond acceptors (Lipinski definition) is 3. The molecule has 2 aromatic carbocycles. The van der Waals surface area contributed by atoms with Crippen LogP contribution in [0.3, 0.4) is 0 Å². The van der Waals surface area contributed by atoms with Crippen LogP contribution in [0, 0.1) is 25.7 Å². The highest BCUT2D eigenvalue weighted by atomic mass is 35.5. The van der Waals surface area contributed by atoms with Crippen LogP contribution in [0.25, 0.3) is 0 Å². The summed E-state index contributed by atoms with van der Waals surface area (Å²) >= 11 is 13.1. The summed E-state index contributed by atoms with van der Waals surface area (Å²) < 4.78 is 2.40. The first-order valence-electron chi connectivity index (χ1n) is 14.6. The van der Waals surface area contributed by atoms with Crippen molar-refractivity contribution < 1.29 is 0 Å². The van der Waals surface area contributed by atoms with E-state index in [1.54, 1.807) is 0 Å². The van der Waals surface area contributed by atoms with Crippen molar-refractivity contribution >= 4 is 40.3 Å². The number of halogens is 1. The molecule has 4 heterocycles. The van der Waals surface area contributed by atoms with E-state index >= 15 is 0 Å². The predicted molar refractivity (Wildman–Crippen MR) is 174 cm³/mol. The van der Waals surface area contributed by atoms with E-state index in [-0.39, 0.29) is 12.1 Å². The molecule has 6 rings (SSSR count). The second-order valence-corrected chi connectivity index (χ2v) is 12.7. The van der Waals surface area contributed by atoms with Crippen molar-refractivity contribution in [1.82, 2.24) is 14.9 Å². The SMILES string of the molecule is Cc1cc(C2C(c3ccccn3)NC(=S)N2c2ccc(N3CC(C)CC(C)C3)c(Cl)c2)c(C)n1Cc1ccccc1. The molecule has 0 radical (unpaired) electrons. The molecule has 0 bridgehead atoms. The molecule has 2 saturated heterocycles. The Hall–Kier alpha value is -3.35. The van der Waals surface area contributed by atoms with Gasteiger partial charge in [0.2, 0.25) is 0 Å². The van der Waals surface area contributed by atoms with Crippen LogP contribution in [0.4, 0.5) is 11.4 Å². The van der Waals surface area contributed by atoms with Gasteiger partial charge in [0.1, 0.15) is 0 Å². The second-order valence-electron chi connectivity index (χ2n) is 11.9. The van der Waals surface area contributed by atoms with Crippen molar-refractivity contribution in [2.24, 2.45) is 11.8 Å². The molecule has 0 spiro atoms. The van der Waals surface area contributed by atoms with Gasteiger partial charge in [-0.05, 0) is 91.8 Å².